The van der Waals surface area contributed by atoms with Gasteiger partial charge in [-0.15, -0.1) is 0 Å². The van der Waals surface area contributed by atoms with Crippen LogP contribution in [0.3, 0.4) is 0 Å². The maximum absolute atomic E-state index is 13.4. The number of benzene rings is 2. The molecule has 0 saturated carbocycles. The summed E-state index contributed by atoms with van der Waals surface area (Å²) < 4.78 is 7.38. The van der Waals surface area contributed by atoms with E-state index in [1.807, 2.05) is 57.1 Å². The molecule has 2 aromatic carbocycles. The molecule has 0 aliphatic carbocycles. The Balaban J connectivity index is 1.24. The third-order valence-corrected chi connectivity index (χ3v) is 7.54. The van der Waals surface area contributed by atoms with Crippen LogP contribution < -0.4 is 4.74 Å². The van der Waals surface area contributed by atoms with Gasteiger partial charge in [-0.3, -0.25) is 14.3 Å². The normalized spacial score (nSPS) is 23.8. The van der Waals surface area contributed by atoms with Crippen LogP contribution in [0, 0.1) is 0 Å². The summed E-state index contributed by atoms with van der Waals surface area (Å²) in [7, 11) is 1.64. The molecule has 2 fully saturated rings. The highest BCUT2D eigenvalue weighted by molar-refractivity contribution is 6.01. The Morgan fingerprint density at radius 2 is 2.03 bits per heavy atom. The van der Waals surface area contributed by atoms with Gasteiger partial charge in [-0.1, -0.05) is 18.2 Å². The van der Waals surface area contributed by atoms with Crippen LogP contribution in [0.2, 0.25) is 0 Å². The zero-order valence-electron chi connectivity index (χ0n) is 19.5. The zero-order chi connectivity index (χ0) is 23.1. The van der Waals surface area contributed by atoms with E-state index in [2.05, 4.69) is 25.9 Å². The van der Waals surface area contributed by atoms with Gasteiger partial charge in [0.1, 0.15) is 5.75 Å². The van der Waals surface area contributed by atoms with Gasteiger partial charge in [0.25, 0.3) is 11.8 Å². The summed E-state index contributed by atoms with van der Waals surface area (Å²) in [5.74, 6) is 0.772. The van der Waals surface area contributed by atoms with Crippen LogP contribution in [0.15, 0.2) is 42.6 Å². The van der Waals surface area contributed by atoms with Gasteiger partial charge in [-0.25, -0.2) is 0 Å². The largest absolute Gasteiger partial charge is 0.496 e. The standard InChI is InChI=1S/C26H28N4O3/c1-25(2,3)29-14-18-13-26-10-11-28(15-21(26)30(26)24(32)22(18)27-29)23(31)17-9-8-16-6-5-7-20(33-4)19(16)12-17/h5-9,12,14,21H,10-11,13,15H2,1-4H3. The van der Waals surface area contributed by atoms with E-state index in [0.717, 1.165) is 34.9 Å². The van der Waals surface area contributed by atoms with Crippen molar-refractivity contribution in [3.05, 3.63) is 59.4 Å². The molecule has 4 heterocycles. The van der Waals surface area contributed by atoms with E-state index in [1.165, 1.54) is 0 Å². The number of carbonyl (C=O) groups is 2. The average Bonchev–Trinajstić information content (AvgIpc) is 3.25. The minimum atomic E-state index is -0.160. The van der Waals surface area contributed by atoms with Gasteiger partial charge in [0, 0.05) is 42.2 Å². The molecule has 3 aliphatic heterocycles. The summed E-state index contributed by atoms with van der Waals surface area (Å²) in [6.45, 7) is 7.48. The van der Waals surface area contributed by atoms with Crippen molar-refractivity contribution in [3.8, 4) is 5.75 Å². The van der Waals surface area contributed by atoms with Crippen molar-refractivity contribution >= 4 is 22.6 Å². The van der Waals surface area contributed by atoms with E-state index in [0.29, 0.717) is 24.3 Å². The molecule has 33 heavy (non-hydrogen) atoms. The first-order chi connectivity index (χ1) is 15.7. The molecule has 0 N–H and O–H groups in total. The molecular weight excluding hydrogens is 416 g/mol. The van der Waals surface area contributed by atoms with Gasteiger partial charge in [-0.05, 0) is 50.8 Å². The van der Waals surface area contributed by atoms with E-state index >= 15 is 0 Å². The van der Waals surface area contributed by atoms with Crippen LogP contribution in [0.4, 0.5) is 0 Å². The number of piperidine rings is 1. The zero-order valence-corrected chi connectivity index (χ0v) is 19.5. The van der Waals surface area contributed by atoms with E-state index < -0.39 is 0 Å². The Labute approximate surface area is 192 Å². The fourth-order valence-corrected chi connectivity index (χ4v) is 5.67. The summed E-state index contributed by atoms with van der Waals surface area (Å²) in [5, 5.41) is 6.58. The molecule has 0 bridgehead atoms. The van der Waals surface area contributed by atoms with Crippen molar-refractivity contribution in [2.24, 2.45) is 0 Å². The van der Waals surface area contributed by atoms with Crippen LogP contribution >= 0.6 is 0 Å². The van der Waals surface area contributed by atoms with E-state index in [4.69, 9.17) is 4.74 Å². The van der Waals surface area contributed by atoms with Crippen molar-refractivity contribution in [1.29, 1.82) is 0 Å². The van der Waals surface area contributed by atoms with Gasteiger partial charge < -0.3 is 14.5 Å². The van der Waals surface area contributed by atoms with Gasteiger partial charge in [0.15, 0.2) is 5.69 Å². The average molecular weight is 445 g/mol. The number of hydrogen-bond donors (Lipinski definition) is 0. The minimum Gasteiger partial charge on any atom is -0.496 e. The van der Waals surface area contributed by atoms with E-state index in [1.54, 1.807) is 7.11 Å². The Kier molecular flexibility index (Phi) is 4.05. The Morgan fingerprint density at radius 1 is 1.21 bits per heavy atom. The summed E-state index contributed by atoms with van der Waals surface area (Å²) in [4.78, 5) is 30.5. The van der Waals surface area contributed by atoms with Gasteiger partial charge in [-0.2, -0.15) is 5.10 Å². The van der Waals surface area contributed by atoms with E-state index in [-0.39, 0.29) is 28.9 Å². The van der Waals surface area contributed by atoms with Crippen molar-refractivity contribution in [1.82, 2.24) is 19.6 Å². The molecule has 2 atom stereocenters. The molecule has 2 unspecified atom stereocenters. The lowest BCUT2D eigenvalue weighted by atomic mass is 9.88. The fourth-order valence-electron chi connectivity index (χ4n) is 5.67. The number of likely N-dealkylation sites (tertiary alicyclic amines) is 1. The smallest absolute Gasteiger partial charge is 0.275 e. The molecule has 3 aliphatic rings. The molecule has 1 spiro atoms. The summed E-state index contributed by atoms with van der Waals surface area (Å²) in [6, 6.07) is 11.7. The van der Waals surface area contributed by atoms with Gasteiger partial charge >= 0.3 is 0 Å². The molecule has 2 amide bonds. The number of rotatable bonds is 2. The molecule has 0 radical (unpaired) electrons. The number of fused-ring (bicyclic) bond motifs is 3. The number of amides is 2. The number of aromatic nitrogens is 2. The number of hydrogen-bond acceptors (Lipinski definition) is 4. The van der Waals surface area contributed by atoms with Crippen LogP contribution in [0.5, 0.6) is 5.75 Å². The van der Waals surface area contributed by atoms with Crippen molar-refractivity contribution in [3.63, 3.8) is 0 Å². The quantitative estimate of drug-likeness (QED) is 0.568. The molecule has 3 aromatic rings. The maximum atomic E-state index is 13.4. The number of nitrogens with zero attached hydrogens (tertiary/aromatic N) is 4. The first kappa shape index (κ1) is 20.3. The highest BCUT2D eigenvalue weighted by Gasteiger charge is 2.69. The number of carbonyl (C=O) groups excluding carboxylic acids is 2. The SMILES string of the molecule is COc1cccc2ccc(C(=O)N3CCC45Cc6cn(C(C)(C)C)nc6C(=O)N4C5C3)cc12. The predicted molar refractivity (Wildman–Crippen MR) is 125 cm³/mol. The molecule has 6 rings (SSSR count). The minimum absolute atomic E-state index is 0.00519. The second-order valence-electron chi connectivity index (χ2n) is 10.5. The van der Waals surface area contributed by atoms with Gasteiger partial charge in [0.05, 0.1) is 24.2 Å². The second-order valence-corrected chi connectivity index (χ2v) is 10.5. The lowest BCUT2D eigenvalue weighted by Crippen LogP contribution is -2.44. The van der Waals surface area contributed by atoms with Crippen LogP contribution in [-0.4, -0.2) is 63.2 Å². The maximum Gasteiger partial charge on any atom is 0.275 e. The topological polar surface area (TPSA) is 67.4 Å². The number of methoxy groups -OCH3 is 1. The van der Waals surface area contributed by atoms with Crippen molar-refractivity contribution < 1.29 is 14.3 Å². The third-order valence-electron chi connectivity index (χ3n) is 7.54. The highest BCUT2D eigenvalue weighted by atomic mass is 16.5. The molecule has 2 saturated heterocycles. The Bertz CT molecular complexity index is 1320. The van der Waals surface area contributed by atoms with Crippen LogP contribution in [-0.2, 0) is 12.0 Å². The third kappa shape index (κ3) is 2.84. The monoisotopic (exact) mass is 444 g/mol. The van der Waals surface area contributed by atoms with Crippen molar-refractivity contribution in [2.45, 2.75) is 50.7 Å². The molecule has 170 valence electrons. The van der Waals surface area contributed by atoms with Gasteiger partial charge in [0.2, 0.25) is 0 Å². The lowest BCUT2D eigenvalue weighted by Gasteiger charge is -2.30. The molecule has 1 aromatic heterocycles. The van der Waals surface area contributed by atoms with Crippen LogP contribution in [0.1, 0.15) is 53.6 Å². The lowest BCUT2D eigenvalue weighted by molar-refractivity contribution is 0.0725. The Hall–Kier alpha value is -3.35. The fraction of sp³-hybridized carbons (Fsp3) is 0.423. The highest BCUT2D eigenvalue weighted by Crippen LogP contribution is 2.53. The summed E-state index contributed by atoms with van der Waals surface area (Å²) in [6.07, 6.45) is 3.66. The predicted octanol–water partition coefficient (Wildman–Crippen LogP) is 3.47. The summed E-state index contributed by atoms with van der Waals surface area (Å²) >= 11 is 0. The first-order valence-electron chi connectivity index (χ1n) is 11.5. The first-order valence-corrected chi connectivity index (χ1v) is 11.5. The van der Waals surface area contributed by atoms with Crippen molar-refractivity contribution in [2.75, 3.05) is 20.2 Å². The van der Waals surface area contributed by atoms with Crippen LogP contribution in [0.25, 0.3) is 10.8 Å². The summed E-state index contributed by atoms with van der Waals surface area (Å²) in [5.41, 5.74) is 1.95. The molecule has 7 nitrogen and oxygen atoms in total. The Morgan fingerprint density at radius 3 is 2.79 bits per heavy atom. The second kappa shape index (κ2) is 6.59. The van der Waals surface area contributed by atoms with E-state index in [9.17, 15) is 9.59 Å². The molecular formula is C26H28N4O3. The molecule has 7 heteroatoms. The number of ether oxygens (including phenoxy) is 1.